The summed E-state index contributed by atoms with van der Waals surface area (Å²) >= 11 is 0. The molecule has 0 bridgehead atoms. The van der Waals surface area contributed by atoms with Crippen molar-refractivity contribution in [2.24, 2.45) is 5.92 Å². The molecule has 2 rings (SSSR count). The molecular weight excluding hydrogens is 317 g/mol. The first-order valence-electron chi connectivity index (χ1n) is 8.86. The van der Waals surface area contributed by atoms with Crippen LogP contribution in [0.15, 0.2) is 48.3 Å². The van der Waals surface area contributed by atoms with Crippen LogP contribution in [-0.2, 0) is 11.2 Å². The van der Waals surface area contributed by atoms with Crippen LogP contribution in [0.1, 0.15) is 54.9 Å². The summed E-state index contributed by atoms with van der Waals surface area (Å²) in [5, 5.41) is 8.35. The highest BCUT2D eigenvalue weighted by molar-refractivity contribution is 5.89. The highest BCUT2D eigenvalue weighted by atomic mass is 19.1. The molecule has 0 heterocycles. The Labute approximate surface area is 148 Å². The van der Waals surface area contributed by atoms with Crippen LogP contribution >= 0.6 is 0 Å². The zero-order chi connectivity index (χ0) is 18.1. The van der Waals surface area contributed by atoms with Crippen molar-refractivity contribution < 1.29 is 13.9 Å². The second kappa shape index (κ2) is 9.78. The molecule has 1 aromatic rings. The van der Waals surface area contributed by atoms with Gasteiger partial charge in [0, 0.05) is 0 Å². The minimum absolute atomic E-state index is 0.0566. The fourth-order valence-corrected chi connectivity index (χ4v) is 3.05. The van der Waals surface area contributed by atoms with Gasteiger partial charge in [0.2, 0.25) is 0 Å². The molecule has 0 N–H and O–H groups in total. The number of rotatable bonds is 6. The fraction of sp³-hybridized carbons (Fsp3) is 0.429. The van der Waals surface area contributed by atoms with E-state index in [9.17, 15) is 9.18 Å². The number of esters is 1. The van der Waals surface area contributed by atoms with Gasteiger partial charge in [0.15, 0.2) is 5.83 Å². The average molecular weight is 341 g/mol. The van der Waals surface area contributed by atoms with E-state index < -0.39 is 5.83 Å². The maximum atomic E-state index is 12.7. The Bertz CT molecular complexity index is 662. The predicted molar refractivity (Wildman–Crippen MR) is 95.5 cm³/mol. The number of hydrogen-bond acceptors (Lipinski definition) is 3. The molecule has 1 fully saturated rings. The molecule has 1 aliphatic rings. The number of nitrogens with zero attached hydrogens (tertiary/aromatic N) is 1. The van der Waals surface area contributed by atoms with Gasteiger partial charge in [0.05, 0.1) is 5.56 Å². The topological polar surface area (TPSA) is 50.1 Å². The molecule has 0 atom stereocenters. The number of ether oxygens (including phenoxy) is 1. The molecule has 0 radical (unpaired) electrons. The summed E-state index contributed by atoms with van der Waals surface area (Å²) in [6.07, 6.45) is 10.1. The van der Waals surface area contributed by atoms with Crippen LogP contribution in [0.2, 0.25) is 0 Å². The molecule has 132 valence electrons. The van der Waals surface area contributed by atoms with Gasteiger partial charge >= 0.3 is 5.97 Å². The normalized spacial score (nSPS) is 21.1. The standard InChI is InChI=1S/C21H24FNO2/c1-2-4-16-7-11-18(12-8-16)21(24)25-20-13-9-17(10-14-20)5-3-6-19(22)15-23/h3,5-8,11-12,17,20H,2,4,9-10,13-14H2,1H3. The molecule has 0 amide bonds. The first-order valence-corrected chi connectivity index (χ1v) is 8.86. The van der Waals surface area contributed by atoms with E-state index in [-0.39, 0.29) is 12.1 Å². The Morgan fingerprint density at radius 1 is 1.28 bits per heavy atom. The number of allylic oxidation sites excluding steroid dienone is 4. The SMILES string of the molecule is CCCc1ccc(C(=O)OC2CCC(C=CC=C(F)C#N)CC2)cc1. The number of carbonyl (C=O) groups is 1. The van der Waals surface area contributed by atoms with Gasteiger partial charge in [0.25, 0.3) is 0 Å². The van der Waals surface area contributed by atoms with E-state index in [1.54, 1.807) is 6.08 Å². The lowest BCUT2D eigenvalue weighted by Crippen LogP contribution is -2.24. The van der Waals surface area contributed by atoms with Gasteiger partial charge in [-0.1, -0.05) is 37.6 Å². The molecular formula is C21H24FNO2. The lowest BCUT2D eigenvalue weighted by atomic mass is 9.87. The number of carbonyl (C=O) groups excluding carboxylic acids is 1. The molecule has 0 spiro atoms. The third kappa shape index (κ3) is 6.19. The van der Waals surface area contributed by atoms with E-state index in [1.807, 2.05) is 30.3 Å². The first-order chi connectivity index (χ1) is 12.1. The third-order valence-corrected chi connectivity index (χ3v) is 4.45. The summed E-state index contributed by atoms with van der Waals surface area (Å²) in [5.41, 5.74) is 1.83. The van der Waals surface area contributed by atoms with Gasteiger partial charge in [-0.25, -0.2) is 4.79 Å². The van der Waals surface area contributed by atoms with Crippen molar-refractivity contribution in [1.29, 1.82) is 5.26 Å². The maximum Gasteiger partial charge on any atom is 0.338 e. The quantitative estimate of drug-likeness (QED) is 0.401. The van der Waals surface area contributed by atoms with E-state index >= 15 is 0 Å². The monoisotopic (exact) mass is 341 g/mol. The molecule has 3 nitrogen and oxygen atoms in total. The van der Waals surface area contributed by atoms with Gasteiger partial charge in [-0.15, -0.1) is 0 Å². The number of aryl methyl sites for hydroxylation is 1. The van der Waals surface area contributed by atoms with E-state index in [0.29, 0.717) is 11.5 Å². The van der Waals surface area contributed by atoms with Crippen LogP contribution in [0, 0.1) is 17.2 Å². The Morgan fingerprint density at radius 3 is 2.56 bits per heavy atom. The van der Waals surface area contributed by atoms with Gasteiger partial charge < -0.3 is 4.74 Å². The number of benzene rings is 1. The minimum atomic E-state index is -0.788. The van der Waals surface area contributed by atoms with Crippen molar-refractivity contribution in [3.05, 3.63) is 59.4 Å². The maximum absolute atomic E-state index is 12.7. The van der Waals surface area contributed by atoms with Crippen LogP contribution in [-0.4, -0.2) is 12.1 Å². The molecule has 1 aromatic carbocycles. The van der Waals surface area contributed by atoms with Gasteiger partial charge in [-0.3, -0.25) is 0 Å². The van der Waals surface area contributed by atoms with Crippen molar-refractivity contribution in [2.75, 3.05) is 0 Å². The Hall–Kier alpha value is -2.41. The molecule has 1 saturated carbocycles. The zero-order valence-corrected chi connectivity index (χ0v) is 14.6. The Balaban J connectivity index is 1.79. The summed E-state index contributed by atoms with van der Waals surface area (Å²) in [6.45, 7) is 2.13. The third-order valence-electron chi connectivity index (χ3n) is 4.45. The largest absolute Gasteiger partial charge is 0.459 e. The lowest BCUT2D eigenvalue weighted by molar-refractivity contribution is 0.0185. The molecule has 0 saturated heterocycles. The van der Waals surface area contributed by atoms with Crippen molar-refractivity contribution in [1.82, 2.24) is 0 Å². The fourth-order valence-electron chi connectivity index (χ4n) is 3.05. The molecule has 4 heteroatoms. The van der Waals surface area contributed by atoms with Crippen LogP contribution in [0.3, 0.4) is 0 Å². The summed E-state index contributed by atoms with van der Waals surface area (Å²) in [4.78, 5) is 12.2. The van der Waals surface area contributed by atoms with Crippen LogP contribution < -0.4 is 0 Å². The molecule has 25 heavy (non-hydrogen) atoms. The number of nitriles is 1. The minimum Gasteiger partial charge on any atom is -0.459 e. The first kappa shape index (κ1) is 18.9. The Morgan fingerprint density at radius 2 is 1.96 bits per heavy atom. The van der Waals surface area contributed by atoms with E-state index in [4.69, 9.17) is 10.00 Å². The molecule has 0 aliphatic heterocycles. The highest BCUT2D eigenvalue weighted by Gasteiger charge is 2.23. The van der Waals surface area contributed by atoms with Crippen LogP contribution in [0.25, 0.3) is 0 Å². The number of halogens is 1. The average Bonchev–Trinajstić information content (AvgIpc) is 2.64. The van der Waals surface area contributed by atoms with E-state index in [0.717, 1.165) is 38.5 Å². The smallest absolute Gasteiger partial charge is 0.338 e. The summed E-state index contributed by atoms with van der Waals surface area (Å²) < 4.78 is 18.3. The van der Waals surface area contributed by atoms with Gasteiger partial charge in [-0.05, 0) is 61.8 Å². The van der Waals surface area contributed by atoms with Crippen molar-refractivity contribution in [2.45, 2.75) is 51.6 Å². The van der Waals surface area contributed by atoms with Crippen molar-refractivity contribution >= 4 is 5.97 Å². The van der Waals surface area contributed by atoms with E-state index in [2.05, 4.69) is 6.92 Å². The van der Waals surface area contributed by atoms with E-state index in [1.165, 1.54) is 17.7 Å². The summed E-state index contributed by atoms with van der Waals surface area (Å²) in [6, 6.07) is 9.07. The predicted octanol–water partition coefficient (Wildman–Crippen LogP) is 5.29. The summed E-state index contributed by atoms with van der Waals surface area (Å²) in [7, 11) is 0. The number of hydrogen-bond donors (Lipinski definition) is 0. The summed E-state index contributed by atoms with van der Waals surface area (Å²) in [5.74, 6) is -0.712. The van der Waals surface area contributed by atoms with Crippen molar-refractivity contribution in [3.8, 4) is 6.07 Å². The molecule has 0 aromatic heterocycles. The van der Waals surface area contributed by atoms with Crippen LogP contribution in [0.5, 0.6) is 0 Å². The van der Waals surface area contributed by atoms with Gasteiger partial charge in [-0.2, -0.15) is 9.65 Å². The Kier molecular flexibility index (Phi) is 7.40. The van der Waals surface area contributed by atoms with Crippen molar-refractivity contribution in [3.63, 3.8) is 0 Å². The zero-order valence-electron chi connectivity index (χ0n) is 14.6. The van der Waals surface area contributed by atoms with Crippen LogP contribution in [0.4, 0.5) is 4.39 Å². The highest BCUT2D eigenvalue weighted by Crippen LogP contribution is 2.28. The second-order valence-electron chi connectivity index (χ2n) is 6.40. The van der Waals surface area contributed by atoms with Gasteiger partial charge in [0.1, 0.15) is 12.2 Å². The lowest BCUT2D eigenvalue weighted by Gasteiger charge is -2.26. The second-order valence-corrected chi connectivity index (χ2v) is 6.40. The molecule has 0 unspecified atom stereocenters. The molecule has 1 aliphatic carbocycles.